The molecule has 2 aromatic rings. The summed E-state index contributed by atoms with van der Waals surface area (Å²) in [7, 11) is -4.66. The molecule has 0 unspecified atom stereocenters. The minimum atomic E-state index is -6.14. The van der Waals surface area contributed by atoms with E-state index < -0.39 is 38.9 Å². The Hall–Kier alpha value is -3.58. The smallest absolute Gasteiger partial charge is 0.496 e. The number of rotatable bonds is 12. The third-order valence-electron chi connectivity index (χ3n) is 6.19. The predicted molar refractivity (Wildman–Crippen MR) is 132 cm³/mol. The maximum atomic E-state index is 13.3. The maximum Gasteiger partial charge on any atom is 0.534 e. The van der Waals surface area contributed by atoms with Crippen molar-refractivity contribution in [3.8, 4) is 11.5 Å². The molecule has 9 nitrogen and oxygen atoms in total. The van der Waals surface area contributed by atoms with E-state index in [0.29, 0.717) is 28.0 Å². The number of cyclic esters (lactones) is 1. The number of halogens is 3. The number of hydrogen-bond donors (Lipinski definition) is 1. The van der Waals surface area contributed by atoms with Gasteiger partial charge in [-0.05, 0) is 43.9 Å². The van der Waals surface area contributed by atoms with Crippen LogP contribution >= 0.6 is 0 Å². The molecular weight excluding hydrogens is 545 g/mol. The summed E-state index contributed by atoms with van der Waals surface area (Å²) in [6.45, 7) is 2.85. The number of esters is 1. The molecule has 0 atom stereocenters. The molecule has 0 aromatic heterocycles. The molecule has 3 rings (SSSR count). The van der Waals surface area contributed by atoms with E-state index in [4.69, 9.17) is 19.3 Å². The first-order valence-corrected chi connectivity index (χ1v) is 13.1. The van der Waals surface area contributed by atoms with Gasteiger partial charge < -0.3 is 23.5 Å². The first-order valence-electron chi connectivity index (χ1n) is 11.7. The van der Waals surface area contributed by atoms with E-state index in [1.807, 2.05) is 0 Å². The highest BCUT2D eigenvalue weighted by Gasteiger charge is 2.50. The molecule has 0 aliphatic carbocycles. The number of carboxylic acids is 1. The van der Waals surface area contributed by atoms with Crippen LogP contribution in [0.4, 0.5) is 13.2 Å². The van der Waals surface area contributed by atoms with Gasteiger partial charge in [-0.1, -0.05) is 29.8 Å². The van der Waals surface area contributed by atoms with E-state index in [2.05, 4.69) is 4.18 Å². The zero-order valence-electron chi connectivity index (χ0n) is 21.4. The van der Waals surface area contributed by atoms with Crippen LogP contribution in [0.3, 0.4) is 0 Å². The van der Waals surface area contributed by atoms with Crippen molar-refractivity contribution in [2.45, 2.75) is 58.4 Å². The molecular formula is C26H27F3O9S. The number of carbonyl (C=O) groups excluding carboxylic acids is 1. The first-order chi connectivity index (χ1) is 18.3. The van der Waals surface area contributed by atoms with Crippen LogP contribution in [0.2, 0.25) is 0 Å². The van der Waals surface area contributed by atoms with Crippen molar-refractivity contribution in [3.05, 3.63) is 69.3 Å². The Labute approximate surface area is 223 Å². The van der Waals surface area contributed by atoms with Gasteiger partial charge in [-0.3, -0.25) is 4.79 Å². The average Bonchev–Trinajstić information content (AvgIpc) is 3.25. The highest BCUT2D eigenvalue weighted by atomic mass is 32.2. The van der Waals surface area contributed by atoms with Crippen LogP contribution in [0.1, 0.15) is 57.9 Å². The topological polar surface area (TPSA) is 125 Å². The minimum absolute atomic E-state index is 0.0207. The van der Waals surface area contributed by atoms with Crippen molar-refractivity contribution in [1.82, 2.24) is 0 Å². The summed E-state index contributed by atoms with van der Waals surface area (Å²) in [4.78, 5) is 23.4. The maximum absolute atomic E-state index is 13.3. The molecule has 0 bridgehead atoms. The van der Waals surface area contributed by atoms with Crippen molar-refractivity contribution in [2.24, 2.45) is 0 Å². The molecule has 0 fully saturated rings. The fourth-order valence-electron chi connectivity index (χ4n) is 4.06. The Morgan fingerprint density at radius 2 is 1.85 bits per heavy atom. The normalized spacial score (nSPS) is 13.7. The van der Waals surface area contributed by atoms with Gasteiger partial charge in [0.25, 0.3) is 0 Å². The summed E-state index contributed by atoms with van der Waals surface area (Å²) in [6.07, 6.45) is 1.35. The van der Waals surface area contributed by atoms with Crippen LogP contribution in [-0.2, 0) is 50.6 Å². The lowest BCUT2D eigenvalue weighted by molar-refractivity contribution is -0.136. The number of carboxylic acid groups (broad SMARTS) is 1. The molecule has 1 aliphatic rings. The van der Waals surface area contributed by atoms with Gasteiger partial charge in [0.1, 0.15) is 17.9 Å². The summed E-state index contributed by atoms with van der Waals surface area (Å²) >= 11 is 0. The number of para-hydroxylation sites is 1. The summed E-state index contributed by atoms with van der Waals surface area (Å²) in [5.41, 5.74) is -3.91. The second-order valence-corrected chi connectivity index (χ2v) is 10.3. The van der Waals surface area contributed by atoms with E-state index in [1.54, 1.807) is 44.2 Å². The molecule has 1 aliphatic heterocycles. The Morgan fingerprint density at radius 1 is 1.15 bits per heavy atom. The van der Waals surface area contributed by atoms with E-state index in [1.165, 1.54) is 7.11 Å². The van der Waals surface area contributed by atoms with Gasteiger partial charge in [0.15, 0.2) is 5.75 Å². The molecule has 0 amide bonds. The van der Waals surface area contributed by atoms with Crippen LogP contribution in [0.15, 0.2) is 35.9 Å². The number of fused-ring (bicyclic) bond motifs is 1. The van der Waals surface area contributed by atoms with Crippen molar-refractivity contribution in [3.63, 3.8) is 0 Å². The highest BCUT2D eigenvalue weighted by molar-refractivity contribution is 7.88. The van der Waals surface area contributed by atoms with Gasteiger partial charge in [0.05, 0.1) is 20.3 Å². The van der Waals surface area contributed by atoms with Crippen LogP contribution in [0.5, 0.6) is 11.5 Å². The minimum Gasteiger partial charge on any atom is -0.496 e. The van der Waals surface area contributed by atoms with Gasteiger partial charge in [-0.25, -0.2) is 4.79 Å². The van der Waals surface area contributed by atoms with Crippen LogP contribution in [0.25, 0.3) is 0 Å². The molecule has 39 heavy (non-hydrogen) atoms. The van der Waals surface area contributed by atoms with Crippen molar-refractivity contribution < 1.29 is 54.7 Å². The van der Waals surface area contributed by atoms with Gasteiger partial charge in [-0.15, -0.1) is 0 Å². The molecule has 13 heteroatoms. The van der Waals surface area contributed by atoms with Gasteiger partial charge in [0.2, 0.25) is 0 Å². The fourth-order valence-corrected chi connectivity index (χ4v) is 4.55. The fraction of sp³-hybridized carbons (Fsp3) is 0.385. The summed E-state index contributed by atoms with van der Waals surface area (Å²) in [5.74, 6) is -2.28. The van der Waals surface area contributed by atoms with Gasteiger partial charge in [-0.2, -0.15) is 21.6 Å². The lowest BCUT2D eigenvalue weighted by Crippen LogP contribution is -2.29. The number of alkyl halides is 3. The van der Waals surface area contributed by atoms with Crippen LogP contribution in [-0.4, -0.2) is 38.1 Å². The monoisotopic (exact) mass is 572 g/mol. The molecule has 1 heterocycles. The largest absolute Gasteiger partial charge is 0.534 e. The molecule has 0 spiro atoms. The first kappa shape index (κ1) is 30.0. The Morgan fingerprint density at radius 3 is 2.49 bits per heavy atom. The van der Waals surface area contributed by atoms with E-state index >= 15 is 0 Å². The Balaban J connectivity index is 2.11. The molecule has 2 aromatic carbocycles. The molecule has 212 valence electrons. The lowest BCUT2D eigenvalue weighted by Gasteiger charge is -2.21. The van der Waals surface area contributed by atoms with Crippen molar-refractivity contribution >= 4 is 22.1 Å². The number of benzene rings is 2. The predicted octanol–water partition coefficient (Wildman–Crippen LogP) is 4.97. The molecule has 0 saturated carbocycles. The lowest BCUT2D eigenvalue weighted by atomic mass is 9.90. The quantitative estimate of drug-likeness (QED) is 0.162. The number of allylic oxidation sites excluding steroid dienone is 2. The summed E-state index contributed by atoms with van der Waals surface area (Å²) in [6, 6.07) is 7.04. The van der Waals surface area contributed by atoms with Crippen LogP contribution in [0, 0.1) is 6.92 Å². The van der Waals surface area contributed by atoms with Crippen molar-refractivity contribution in [1.29, 1.82) is 0 Å². The van der Waals surface area contributed by atoms with Gasteiger partial charge in [0, 0.05) is 23.1 Å². The summed E-state index contributed by atoms with van der Waals surface area (Å²) < 4.78 is 84.7. The van der Waals surface area contributed by atoms with Gasteiger partial charge >= 0.3 is 27.6 Å². The third-order valence-corrected chi connectivity index (χ3v) is 7.14. The number of aliphatic carboxylic acids is 1. The molecule has 0 radical (unpaired) electrons. The number of ether oxygens (including phenoxy) is 3. The Bertz CT molecular complexity index is 1400. The van der Waals surface area contributed by atoms with Crippen molar-refractivity contribution in [2.75, 3.05) is 7.11 Å². The Kier molecular flexibility index (Phi) is 9.28. The second-order valence-electron chi connectivity index (χ2n) is 8.78. The standard InChI is InChI=1S/C26H27F3O9S/c1-15(9-11-22(30)31)8-10-18-19(13-36-12-17-6-4-5-7-21(17)35-3)16(2)20-14-37-25(32)23(20)24(18)38-39(33,34)26(27,28)29/h4-8H,9-14H2,1-3H3,(H,30,31)/b15-8+. The third kappa shape index (κ3) is 6.90. The number of hydrogen-bond acceptors (Lipinski definition) is 8. The number of carbonyl (C=O) groups is 2. The zero-order valence-corrected chi connectivity index (χ0v) is 22.2. The highest BCUT2D eigenvalue weighted by Crippen LogP contribution is 2.41. The zero-order chi connectivity index (χ0) is 29.0. The van der Waals surface area contributed by atoms with E-state index in [9.17, 15) is 31.2 Å². The molecule has 0 saturated heterocycles. The SMILES string of the molecule is COc1ccccc1COCc1c(C)c2c(c(OS(=O)(=O)C(F)(F)F)c1C/C=C(\C)CCC(=O)O)C(=O)OC2. The number of methoxy groups -OCH3 is 1. The van der Waals surface area contributed by atoms with Crippen LogP contribution < -0.4 is 8.92 Å². The van der Waals surface area contributed by atoms with E-state index in [0.717, 1.165) is 0 Å². The van der Waals surface area contributed by atoms with E-state index in [-0.39, 0.29) is 50.2 Å². The molecule has 1 N–H and O–H groups in total. The second kappa shape index (κ2) is 12.1. The summed E-state index contributed by atoms with van der Waals surface area (Å²) in [5, 5.41) is 8.94. The average molecular weight is 573 g/mol.